The zero-order valence-corrected chi connectivity index (χ0v) is 13.5. The van der Waals surface area contributed by atoms with Gasteiger partial charge in [-0.15, -0.1) is 0 Å². The highest BCUT2D eigenvalue weighted by molar-refractivity contribution is 6.31. The molecule has 1 aliphatic heterocycles. The quantitative estimate of drug-likeness (QED) is 0.791. The average Bonchev–Trinajstić information content (AvgIpc) is 2.82. The molecule has 0 bridgehead atoms. The van der Waals surface area contributed by atoms with E-state index in [1.807, 2.05) is 6.07 Å². The van der Waals surface area contributed by atoms with E-state index in [2.05, 4.69) is 28.5 Å². The Morgan fingerprint density at radius 1 is 1.29 bits per heavy atom. The minimum Gasteiger partial charge on any atom is -0.342 e. The van der Waals surface area contributed by atoms with E-state index in [1.54, 1.807) is 11.3 Å². The molecule has 112 valence electrons. The summed E-state index contributed by atoms with van der Waals surface area (Å²) >= 11 is 6.24. The first-order chi connectivity index (χ1) is 10.3. The Labute approximate surface area is 131 Å². The normalized spacial score (nSPS) is 21.7. The van der Waals surface area contributed by atoms with Gasteiger partial charge < -0.3 is 4.57 Å². The molecule has 0 saturated heterocycles. The third kappa shape index (κ3) is 2.11. The van der Waals surface area contributed by atoms with Crippen molar-refractivity contribution in [1.29, 1.82) is 0 Å². The number of fused-ring (bicyclic) bond motifs is 3. The van der Waals surface area contributed by atoms with Crippen molar-refractivity contribution >= 4 is 22.5 Å². The van der Waals surface area contributed by atoms with Crippen LogP contribution in [0.25, 0.3) is 10.9 Å². The summed E-state index contributed by atoms with van der Waals surface area (Å²) in [4.78, 5) is 2.72. The number of hydrogen-bond donors (Lipinski definition) is 0. The molecule has 1 atom stereocenters. The minimum absolute atomic E-state index is 0.639. The summed E-state index contributed by atoms with van der Waals surface area (Å²) < 4.78 is 2.58. The first-order valence-electron chi connectivity index (χ1n) is 8.34. The first-order valence-corrected chi connectivity index (χ1v) is 8.72. The third-order valence-corrected chi connectivity index (χ3v) is 5.48. The van der Waals surface area contributed by atoms with Crippen molar-refractivity contribution in [1.82, 2.24) is 9.47 Å². The number of unbranched alkanes of at least 4 members (excludes halogenated alkanes) is 1. The van der Waals surface area contributed by atoms with Gasteiger partial charge in [-0.3, -0.25) is 4.90 Å². The van der Waals surface area contributed by atoms with E-state index in [9.17, 15) is 0 Å². The van der Waals surface area contributed by atoms with E-state index >= 15 is 0 Å². The van der Waals surface area contributed by atoms with Gasteiger partial charge in [0.25, 0.3) is 0 Å². The van der Waals surface area contributed by atoms with E-state index in [1.165, 1.54) is 56.1 Å². The van der Waals surface area contributed by atoms with Gasteiger partial charge in [-0.2, -0.15) is 0 Å². The van der Waals surface area contributed by atoms with E-state index in [4.69, 9.17) is 11.6 Å². The van der Waals surface area contributed by atoms with Gasteiger partial charge in [0.15, 0.2) is 0 Å². The number of nitrogens with zero attached hydrogens (tertiary/aromatic N) is 2. The number of hydrogen-bond acceptors (Lipinski definition) is 1. The zero-order valence-electron chi connectivity index (χ0n) is 12.7. The van der Waals surface area contributed by atoms with Crippen LogP contribution in [0.2, 0.25) is 5.02 Å². The Balaban J connectivity index is 1.84. The molecule has 2 heterocycles. The molecule has 1 unspecified atom stereocenters. The molecule has 2 nitrogen and oxygen atoms in total. The van der Waals surface area contributed by atoms with Crippen LogP contribution < -0.4 is 0 Å². The lowest BCUT2D eigenvalue weighted by Crippen LogP contribution is -2.40. The maximum atomic E-state index is 6.24. The molecule has 2 aromatic rings. The fourth-order valence-electron chi connectivity index (χ4n) is 4.28. The van der Waals surface area contributed by atoms with Crippen LogP contribution >= 0.6 is 11.6 Å². The fourth-order valence-corrected chi connectivity index (χ4v) is 4.45. The molecule has 3 heteroatoms. The van der Waals surface area contributed by atoms with Crippen molar-refractivity contribution in [3.05, 3.63) is 34.5 Å². The highest BCUT2D eigenvalue weighted by atomic mass is 35.5. The second-order valence-corrected chi connectivity index (χ2v) is 6.91. The summed E-state index contributed by atoms with van der Waals surface area (Å²) in [6.45, 7) is 5.87. The Bertz CT molecular complexity index is 673. The van der Waals surface area contributed by atoms with E-state index < -0.39 is 0 Å². The summed E-state index contributed by atoms with van der Waals surface area (Å²) in [5.41, 5.74) is 4.57. The molecule has 4 rings (SSSR count). The standard InChI is InChI=1S/C18H23ClN2/c1-2-3-9-20-10-11-21-16-8-7-13(19)12-15(16)14-5-4-6-17(20)18(14)21/h7-8,12,17H,2-6,9-11H2,1H3. The largest absolute Gasteiger partial charge is 0.342 e. The van der Waals surface area contributed by atoms with Gasteiger partial charge >= 0.3 is 0 Å². The molecular weight excluding hydrogens is 280 g/mol. The predicted molar refractivity (Wildman–Crippen MR) is 89.1 cm³/mol. The topological polar surface area (TPSA) is 8.17 Å². The van der Waals surface area contributed by atoms with Crippen LogP contribution in [0.3, 0.4) is 0 Å². The summed E-state index contributed by atoms with van der Waals surface area (Å²) in [6.07, 6.45) is 6.45. The Morgan fingerprint density at radius 2 is 2.19 bits per heavy atom. The molecule has 1 aliphatic carbocycles. The molecule has 2 aliphatic rings. The highest BCUT2D eigenvalue weighted by Gasteiger charge is 2.34. The monoisotopic (exact) mass is 302 g/mol. The van der Waals surface area contributed by atoms with Gasteiger partial charge in [-0.25, -0.2) is 0 Å². The fraction of sp³-hybridized carbons (Fsp3) is 0.556. The molecule has 1 aromatic heterocycles. The third-order valence-electron chi connectivity index (χ3n) is 5.24. The van der Waals surface area contributed by atoms with Crippen LogP contribution in [0.4, 0.5) is 0 Å². The van der Waals surface area contributed by atoms with Gasteiger partial charge in [0.2, 0.25) is 0 Å². The second-order valence-electron chi connectivity index (χ2n) is 6.47. The van der Waals surface area contributed by atoms with Crippen LogP contribution in [0.5, 0.6) is 0 Å². The summed E-state index contributed by atoms with van der Waals surface area (Å²) in [5.74, 6) is 0. The van der Waals surface area contributed by atoms with Crippen LogP contribution in [-0.4, -0.2) is 22.6 Å². The number of rotatable bonds is 3. The maximum Gasteiger partial charge on any atom is 0.0504 e. The van der Waals surface area contributed by atoms with Crippen molar-refractivity contribution in [2.24, 2.45) is 0 Å². The molecule has 1 aromatic carbocycles. The lowest BCUT2D eigenvalue weighted by molar-refractivity contribution is 0.139. The molecule has 0 N–H and O–H groups in total. The molecule has 21 heavy (non-hydrogen) atoms. The van der Waals surface area contributed by atoms with Crippen molar-refractivity contribution in [2.75, 3.05) is 13.1 Å². The minimum atomic E-state index is 0.639. The van der Waals surface area contributed by atoms with Crippen molar-refractivity contribution < 1.29 is 0 Å². The summed E-state index contributed by atoms with van der Waals surface area (Å²) in [6, 6.07) is 7.07. The highest BCUT2D eigenvalue weighted by Crippen LogP contribution is 2.43. The van der Waals surface area contributed by atoms with Crippen molar-refractivity contribution in [3.63, 3.8) is 0 Å². The van der Waals surface area contributed by atoms with E-state index in [-0.39, 0.29) is 0 Å². The first kappa shape index (κ1) is 13.7. The Hall–Kier alpha value is -0.990. The Morgan fingerprint density at radius 3 is 3.05 bits per heavy atom. The molecule has 0 radical (unpaired) electrons. The van der Waals surface area contributed by atoms with Gasteiger partial charge in [0.05, 0.1) is 6.04 Å². The molecule has 0 saturated carbocycles. The molecular formula is C18H23ClN2. The summed E-state index contributed by atoms with van der Waals surface area (Å²) in [7, 11) is 0. The molecule has 0 fully saturated rings. The lowest BCUT2D eigenvalue weighted by atomic mass is 9.89. The van der Waals surface area contributed by atoms with Crippen molar-refractivity contribution in [2.45, 2.75) is 51.6 Å². The Kier molecular flexibility index (Phi) is 3.47. The smallest absolute Gasteiger partial charge is 0.0504 e. The molecule has 0 amide bonds. The second kappa shape index (κ2) is 5.33. The zero-order chi connectivity index (χ0) is 14.4. The van der Waals surface area contributed by atoms with Crippen molar-refractivity contribution in [3.8, 4) is 0 Å². The lowest BCUT2D eigenvalue weighted by Gasteiger charge is -2.40. The van der Waals surface area contributed by atoms with Gasteiger partial charge in [-0.1, -0.05) is 24.9 Å². The van der Waals surface area contributed by atoms with Gasteiger partial charge in [0, 0.05) is 34.7 Å². The van der Waals surface area contributed by atoms with Gasteiger partial charge in [-0.05, 0) is 56.0 Å². The molecule has 0 spiro atoms. The number of aryl methyl sites for hydroxylation is 1. The summed E-state index contributed by atoms with van der Waals surface area (Å²) in [5, 5.41) is 2.27. The van der Waals surface area contributed by atoms with Crippen LogP contribution in [0, 0.1) is 0 Å². The van der Waals surface area contributed by atoms with E-state index in [0.717, 1.165) is 11.6 Å². The number of benzene rings is 1. The maximum absolute atomic E-state index is 6.24. The predicted octanol–water partition coefficient (Wildman–Crippen LogP) is 4.79. The van der Waals surface area contributed by atoms with Crippen LogP contribution in [0.15, 0.2) is 18.2 Å². The van der Waals surface area contributed by atoms with Crippen LogP contribution in [0.1, 0.15) is 49.9 Å². The van der Waals surface area contributed by atoms with Crippen LogP contribution in [-0.2, 0) is 13.0 Å². The average molecular weight is 303 g/mol. The number of halogens is 1. The number of aromatic nitrogens is 1. The SMILES string of the molecule is CCCCN1CCn2c3c(c4cc(Cl)ccc42)CCCC31. The van der Waals surface area contributed by atoms with Gasteiger partial charge in [0.1, 0.15) is 0 Å². The van der Waals surface area contributed by atoms with E-state index in [0.29, 0.717) is 6.04 Å².